The summed E-state index contributed by atoms with van der Waals surface area (Å²) >= 11 is 1.68. The minimum atomic E-state index is -0.437. The highest BCUT2D eigenvalue weighted by molar-refractivity contribution is 7.09. The van der Waals surface area contributed by atoms with Crippen molar-refractivity contribution in [3.63, 3.8) is 0 Å². The number of hydrogen-bond acceptors (Lipinski definition) is 3. The fourth-order valence-electron chi connectivity index (χ4n) is 1.78. The Morgan fingerprint density at radius 3 is 2.53 bits per heavy atom. The molecule has 1 aliphatic carbocycles. The molecule has 84 valence electrons. The summed E-state index contributed by atoms with van der Waals surface area (Å²) in [4.78, 5) is 4.61. The third-order valence-corrected chi connectivity index (χ3v) is 3.93. The third-order valence-electron chi connectivity index (χ3n) is 3.08. The molecule has 0 bridgehead atoms. The predicted molar refractivity (Wildman–Crippen MR) is 63.3 cm³/mol. The van der Waals surface area contributed by atoms with Crippen molar-refractivity contribution in [1.82, 2.24) is 4.98 Å². The largest absolute Gasteiger partial charge is 0.389 e. The van der Waals surface area contributed by atoms with Crippen LogP contribution in [0.25, 0.3) is 0 Å². The molecule has 15 heavy (non-hydrogen) atoms. The number of aliphatic hydroxyl groups is 1. The van der Waals surface area contributed by atoms with E-state index in [0.717, 1.165) is 36.4 Å². The Morgan fingerprint density at radius 1 is 1.47 bits per heavy atom. The quantitative estimate of drug-likeness (QED) is 0.839. The van der Waals surface area contributed by atoms with Crippen molar-refractivity contribution in [3.05, 3.63) is 16.1 Å². The molecule has 0 aromatic carbocycles. The van der Waals surface area contributed by atoms with E-state index in [0.29, 0.717) is 0 Å². The molecular weight excluding hydrogens is 206 g/mol. The van der Waals surface area contributed by atoms with E-state index < -0.39 is 5.60 Å². The Hall–Kier alpha value is -0.410. The molecule has 1 aromatic rings. The lowest BCUT2D eigenvalue weighted by Gasteiger charge is -2.35. The molecule has 1 aromatic heterocycles. The molecule has 1 fully saturated rings. The second kappa shape index (κ2) is 3.56. The van der Waals surface area contributed by atoms with E-state index in [-0.39, 0.29) is 5.41 Å². The van der Waals surface area contributed by atoms with Crippen LogP contribution in [0.3, 0.4) is 0 Å². The average Bonchev–Trinajstić information content (AvgIpc) is 2.49. The van der Waals surface area contributed by atoms with Gasteiger partial charge in [-0.15, -0.1) is 11.3 Å². The maximum absolute atomic E-state index is 10.0. The van der Waals surface area contributed by atoms with Gasteiger partial charge in [-0.25, -0.2) is 4.98 Å². The van der Waals surface area contributed by atoms with Crippen LogP contribution >= 0.6 is 11.3 Å². The Morgan fingerprint density at radius 2 is 2.13 bits per heavy atom. The molecule has 2 rings (SSSR count). The first-order valence-corrected chi connectivity index (χ1v) is 6.44. The summed E-state index contributed by atoms with van der Waals surface area (Å²) in [7, 11) is 0. The van der Waals surface area contributed by atoms with E-state index in [2.05, 4.69) is 31.1 Å². The van der Waals surface area contributed by atoms with Gasteiger partial charge >= 0.3 is 0 Å². The van der Waals surface area contributed by atoms with Crippen molar-refractivity contribution in [2.45, 2.75) is 57.5 Å². The van der Waals surface area contributed by atoms with Gasteiger partial charge in [0.15, 0.2) is 0 Å². The van der Waals surface area contributed by atoms with Crippen LogP contribution in [0.1, 0.15) is 50.7 Å². The average molecular weight is 225 g/mol. The highest BCUT2D eigenvalue weighted by Crippen LogP contribution is 2.36. The maximum atomic E-state index is 10.0. The Labute approximate surface area is 95.4 Å². The first-order chi connectivity index (χ1) is 6.89. The maximum Gasteiger partial charge on any atom is 0.0957 e. The SMILES string of the molecule is CC(C)(C)c1csc(CC2(O)CCC2)n1. The van der Waals surface area contributed by atoms with Gasteiger partial charge in [0, 0.05) is 17.2 Å². The molecule has 1 aliphatic rings. The first kappa shape index (κ1) is 11.1. The van der Waals surface area contributed by atoms with Gasteiger partial charge in [-0.3, -0.25) is 0 Å². The number of rotatable bonds is 2. The number of aromatic nitrogens is 1. The molecule has 0 aliphatic heterocycles. The van der Waals surface area contributed by atoms with Crippen LogP contribution in [0.15, 0.2) is 5.38 Å². The summed E-state index contributed by atoms with van der Waals surface area (Å²) in [5.74, 6) is 0. The lowest BCUT2D eigenvalue weighted by Crippen LogP contribution is -2.38. The van der Waals surface area contributed by atoms with Crippen LogP contribution in [0.2, 0.25) is 0 Å². The minimum absolute atomic E-state index is 0.122. The topological polar surface area (TPSA) is 33.1 Å². The number of nitrogens with zero attached hydrogens (tertiary/aromatic N) is 1. The zero-order valence-electron chi connectivity index (χ0n) is 9.71. The molecule has 0 amide bonds. The smallest absolute Gasteiger partial charge is 0.0957 e. The Bertz CT molecular complexity index is 347. The molecule has 0 radical (unpaired) electrons. The highest BCUT2D eigenvalue weighted by atomic mass is 32.1. The molecule has 0 saturated heterocycles. The summed E-state index contributed by atoms with van der Waals surface area (Å²) in [6, 6.07) is 0. The summed E-state index contributed by atoms with van der Waals surface area (Å²) in [6.07, 6.45) is 3.79. The van der Waals surface area contributed by atoms with Crippen LogP contribution < -0.4 is 0 Å². The molecule has 1 heterocycles. The first-order valence-electron chi connectivity index (χ1n) is 5.56. The van der Waals surface area contributed by atoms with Gasteiger partial charge < -0.3 is 5.11 Å². The zero-order chi connectivity index (χ0) is 11.1. The second-order valence-electron chi connectivity index (χ2n) is 5.63. The van der Waals surface area contributed by atoms with Crippen molar-refractivity contribution in [2.24, 2.45) is 0 Å². The van der Waals surface area contributed by atoms with Gasteiger partial charge in [-0.05, 0) is 19.3 Å². The lowest BCUT2D eigenvalue weighted by atomic mass is 9.78. The van der Waals surface area contributed by atoms with E-state index in [1.165, 1.54) is 0 Å². The monoisotopic (exact) mass is 225 g/mol. The highest BCUT2D eigenvalue weighted by Gasteiger charge is 2.35. The summed E-state index contributed by atoms with van der Waals surface area (Å²) in [5.41, 5.74) is 0.828. The Balaban J connectivity index is 2.07. The van der Waals surface area contributed by atoms with Crippen molar-refractivity contribution < 1.29 is 5.11 Å². The fraction of sp³-hybridized carbons (Fsp3) is 0.750. The van der Waals surface area contributed by atoms with Crippen LogP contribution in [-0.4, -0.2) is 15.7 Å². The molecule has 2 nitrogen and oxygen atoms in total. The summed E-state index contributed by atoms with van der Waals surface area (Å²) < 4.78 is 0. The van der Waals surface area contributed by atoms with E-state index in [9.17, 15) is 5.11 Å². The molecule has 1 saturated carbocycles. The van der Waals surface area contributed by atoms with Gasteiger partial charge in [0.1, 0.15) is 0 Å². The Kier molecular flexibility index (Phi) is 2.63. The molecule has 0 atom stereocenters. The normalized spacial score (nSPS) is 20.0. The standard InChI is InChI=1S/C12H19NOS/c1-11(2,3)9-8-15-10(13-9)7-12(14)5-4-6-12/h8,14H,4-7H2,1-3H3. The van der Waals surface area contributed by atoms with Gasteiger partial charge in [-0.1, -0.05) is 20.8 Å². The lowest BCUT2D eigenvalue weighted by molar-refractivity contribution is -0.0323. The van der Waals surface area contributed by atoms with Crippen molar-refractivity contribution in [3.8, 4) is 0 Å². The van der Waals surface area contributed by atoms with Crippen LogP contribution in [0, 0.1) is 0 Å². The third kappa shape index (κ3) is 2.40. The molecule has 1 N–H and O–H groups in total. The second-order valence-corrected chi connectivity index (χ2v) is 6.57. The van der Waals surface area contributed by atoms with E-state index in [1.54, 1.807) is 11.3 Å². The molecule has 3 heteroatoms. The number of hydrogen-bond donors (Lipinski definition) is 1. The van der Waals surface area contributed by atoms with Crippen LogP contribution in [0.4, 0.5) is 0 Å². The predicted octanol–water partition coefficient (Wildman–Crippen LogP) is 2.90. The van der Waals surface area contributed by atoms with Gasteiger partial charge in [-0.2, -0.15) is 0 Å². The van der Waals surface area contributed by atoms with Crippen molar-refractivity contribution in [2.75, 3.05) is 0 Å². The summed E-state index contributed by atoms with van der Waals surface area (Å²) in [5, 5.41) is 13.2. The van der Waals surface area contributed by atoms with E-state index in [1.807, 2.05) is 0 Å². The zero-order valence-corrected chi connectivity index (χ0v) is 10.5. The van der Waals surface area contributed by atoms with Crippen LogP contribution in [-0.2, 0) is 11.8 Å². The molecule has 0 spiro atoms. The van der Waals surface area contributed by atoms with E-state index >= 15 is 0 Å². The molecular formula is C12H19NOS. The van der Waals surface area contributed by atoms with Gasteiger partial charge in [0.2, 0.25) is 0 Å². The summed E-state index contributed by atoms with van der Waals surface area (Å²) in [6.45, 7) is 6.51. The van der Waals surface area contributed by atoms with Gasteiger partial charge in [0.25, 0.3) is 0 Å². The number of thiazole rings is 1. The fourth-order valence-corrected chi connectivity index (χ4v) is 2.94. The van der Waals surface area contributed by atoms with Crippen molar-refractivity contribution >= 4 is 11.3 Å². The van der Waals surface area contributed by atoms with Crippen molar-refractivity contribution in [1.29, 1.82) is 0 Å². The molecule has 0 unspecified atom stereocenters. The van der Waals surface area contributed by atoms with E-state index in [4.69, 9.17) is 0 Å². The minimum Gasteiger partial charge on any atom is -0.389 e. The van der Waals surface area contributed by atoms with Crippen LogP contribution in [0.5, 0.6) is 0 Å². The van der Waals surface area contributed by atoms with Gasteiger partial charge in [0.05, 0.1) is 16.3 Å².